The molecule has 0 aliphatic carbocycles. The molecule has 0 fully saturated rings. The van der Waals surface area contributed by atoms with Crippen molar-refractivity contribution in [2.24, 2.45) is 0 Å². The fourth-order valence-corrected chi connectivity index (χ4v) is 4.72. The highest BCUT2D eigenvalue weighted by Crippen LogP contribution is 2.26. The van der Waals surface area contributed by atoms with E-state index in [0.29, 0.717) is 0 Å². The van der Waals surface area contributed by atoms with E-state index < -0.39 is 0 Å². The average molecular weight is 439 g/mol. The Balaban J connectivity index is 1.63. The summed E-state index contributed by atoms with van der Waals surface area (Å²) < 4.78 is 2.36. The molecule has 0 saturated carbocycles. The lowest BCUT2D eigenvalue weighted by Gasteiger charge is -2.21. The van der Waals surface area contributed by atoms with Crippen molar-refractivity contribution >= 4 is 13.0 Å². The monoisotopic (exact) mass is 439 g/mol. The van der Waals surface area contributed by atoms with Gasteiger partial charge in [-0.25, -0.2) is 0 Å². The standard InChI is InChI=1S/C31H28BN2/c1-23-13-12-14-24(2)30(23)34-28(21-25-15-6-3-7-16-25)22-33-31(34)32-29(26-17-8-4-9-18-26)27-19-10-5-11-20-27/h3-20,22,29H,21H2,1-2H3. The first kappa shape index (κ1) is 22.0. The molecule has 1 radical (unpaired) electrons. The highest BCUT2D eigenvalue weighted by molar-refractivity contribution is 6.54. The molecule has 1 heterocycles. The SMILES string of the molecule is Cc1cccc(C)c1-n1c(Cc2ccccc2)cnc1[B]C(c1ccccc1)c1ccccc1. The second-order valence-corrected chi connectivity index (χ2v) is 8.81. The van der Waals surface area contributed by atoms with Gasteiger partial charge in [0, 0.05) is 18.3 Å². The Bertz CT molecular complexity index is 1300. The predicted molar refractivity (Wildman–Crippen MR) is 142 cm³/mol. The highest BCUT2D eigenvalue weighted by Gasteiger charge is 2.23. The Labute approximate surface area is 203 Å². The van der Waals surface area contributed by atoms with Gasteiger partial charge in [0.05, 0.1) is 11.4 Å². The van der Waals surface area contributed by atoms with Gasteiger partial charge < -0.3 is 4.57 Å². The molecular formula is C31H28BN2. The van der Waals surface area contributed by atoms with Crippen LogP contribution >= 0.6 is 0 Å². The Morgan fingerprint density at radius 3 is 1.76 bits per heavy atom. The first-order valence-corrected chi connectivity index (χ1v) is 11.8. The molecule has 0 amide bonds. The minimum absolute atomic E-state index is 0.109. The molecule has 0 saturated heterocycles. The third-order valence-corrected chi connectivity index (χ3v) is 6.39. The zero-order valence-electron chi connectivity index (χ0n) is 19.7. The van der Waals surface area contributed by atoms with Crippen molar-refractivity contribution in [1.29, 1.82) is 0 Å². The van der Waals surface area contributed by atoms with Crippen LogP contribution in [0, 0.1) is 13.8 Å². The van der Waals surface area contributed by atoms with E-state index >= 15 is 0 Å². The molecule has 0 unspecified atom stereocenters. The summed E-state index contributed by atoms with van der Waals surface area (Å²) in [6, 6.07) is 38.5. The van der Waals surface area contributed by atoms with Crippen LogP contribution in [-0.4, -0.2) is 16.8 Å². The van der Waals surface area contributed by atoms with E-state index in [0.717, 1.165) is 12.1 Å². The maximum atomic E-state index is 4.97. The third kappa shape index (κ3) is 4.60. The van der Waals surface area contributed by atoms with E-state index in [9.17, 15) is 0 Å². The molecule has 0 N–H and O–H groups in total. The molecule has 1 aromatic heterocycles. The minimum Gasteiger partial charge on any atom is -0.309 e. The zero-order valence-corrected chi connectivity index (χ0v) is 19.7. The van der Waals surface area contributed by atoms with Crippen molar-refractivity contribution < 1.29 is 0 Å². The summed E-state index contributed by atoms with van der Waals surface area (Å²) in [5.74, 6) is 0.109. The molecule has 0 aliphatic heterocycles. The Hall–Kier alpha value is -3.85. The van der Waals surface area contributed by atoms with Crippen molar-refractivity contribution in [2.75, 3.05) is 0 Å². The number of para-hydroxylation sites is 1. The lowest BCUT2D eigenvalue weighted by atomic mass is 9.58. The molecule has 4 aromatic carbocycles. The quantitative estimate of drug-likeness (QED) is 0.276. The first-order valence-electron chi connectivity index (χ1n) is 11.8. The minimum atomic E-state index is 0.109. The van der Waals surface area contributed by atoms with E-state index in [-0.39, 0.29) is 5.82 Å². The van der Waals surface area contributed by atoms with Crippen LogP contribution in [0.2, 0.25) is 0 Å². The van der Waals surface area contributed by atoms with Gasteiger partial charge in [0.1, 0.15) is 0 Å². The molecule has 2 nitrogen and oxygen atoms in total. The highest BCUT2D eigenvalue weighted by atomic mass is 15.1. The summed E-state index contributed by atoms with van der Waals surface area (Å²) in [4.78, 5) is 4.97. The average Bonchev–Trinajstić information content (AvgIpc) is 3.25. The number of aryl methyl sites for hydroxylation is 2. The smallest absolute Gasteiger partial charge is 0.216 e. The van der Waals surface area contributed by atoms with Crippen molar-refractivity contribution in [3.63, 3.8) is 0 Å². The van der Waals surface area contributed by atoms with E-state index in [1.54, 1.807) is 0 Å². The van der Waals surface area contributed by atoms with Crippen LogP contribution in [0.1, 0.15) is 39.3 Å². The number of hydrogen-bond donors (Lipinski definition) is 0. The van der Waals surface area contributed by atoms with Gasteiger partial charge >= 0.3 is 0 Å². The van der Waals surface area contributed by atoms with Crippen molar-refractivity contribution in [1.82, 2.24) is 9.55 Å². The summed E-state index contributed by atoms with van der Waals surface area (Å²) in [7, 11) is 2.31. The number of hydrogen-bond acceptors (Lipinski definition) is 1. The molecule has 5 rings (SSSR count). The lowest BCUT2D eigenvalue weighted by molar-refractivity contribution is 0.955. The zero-order chi connectivity index (χ0) is 23.3. The molecular weight excluding hydrogens is 411 g/mol. The van der Waals surface area contributed by atoms with Gasteiger partial charge in [-0.15, -0.1) is 0 Å². The van der Waals surface area contributed by atoms with Gasteiger partial charge in [-0.05, 0) is 47.5 Å². The number of rotatable bonds is 7. The third-order valence-electron chi connectivity index (χ3n) is 6.39. The van der Waals surface area contributed by atoms with Crippen LogP contribution in [0.4, 0.5) is 0 Å². The van der Waals surface area contributed by atoms with Gasteiger partial charge in [0.25, 0.3) is 0 Å². The Kier molecular flexibility index (Phi) is 6.44. The van der Waals surface area contributed by atoms with Gasteiger partial charge in [0.2, 0.25) is 7.28 Å². The van der Waals surface area contributed by atoms with Gasteiger partial charge in [-0.1, -0.05) is 109 Å². The molecule has 0 aliphatic rings. The molecule has 0 bridgehead atoms. The topological polar surface area (TPSA) is 17.8 Å². The van der Waals surface area contributed by atoms with Crippen LogP contribution in [0.3, 0.4) is 0 Å². The second-order valence-electron chi connectivity index (χ2n) is 8.81. The maximum Gasteiger partial charge on any atom is 0.216 e. The van der Waals surface area contributed by atoms with Crippen LogP contribution in [-0.2, 0) is 6.42 Å². The van der Waals surface area contributed by atoms with Crippen molar-refractivity contribution in [3.8, 4) is 5.69 Å². The summed E-state index contributed by atoms with van der Waals surface area (Å²) >= 11 is 0. The normalized spacial score (nSPS) is 11.0. The van der Waals surface area contributed by atoms with E-state index in [4.69, 9.17) is 4.98 Å². The lowest BCUT2D eigenvalue weighted by Crippen LogP contribution is -2.32. The fraction of sp³-hybridized carbons (Fsp3) is 0.129. The van der Waals surface area contributed by atoms with Crippen LogP contribution in [0.15, 0.2) is 115 Å². The maximum absolute atomic E-state index is 4.97. The van der Waals surface area contributed by atoms with Crippen LogP contribution < -0.4 is 5.72 Å². The fourth-order valence-electron chi connectivity index (χ4n) is 4.72. The van der Waals surface area contributed by atoms with E-state index in [1.165, 1.54) is 39.2 Å². The predicted octanol–water partition coefficient (Wildman–Crippen LogP) is 6.20. The largest absolute Gasteiger partial charge is 0.309 e. The van der Waals surface area contributed by atoms with Gasteiger partial charge in [-0.2, -0.15) is 0 Å². The molecule has 0 atom stereocenters. The van der Waals surface area contributed by atoms with Crippen molar-refractivity contribution in [3.05, 3.63) is 149 Å². The van der Waals surface area contributed by atoms with E-state index in [1.807, 2.05) is 6.20 Å². The molecule has 3 heteroatoms. The Morgan fingerprint density at radius 2 is 1.21 bits per heavy atom. The number of benzene rings is 4. The molecule has 34 heavy (non-hydrogen) atoms. The van der Waals surface area contributed by atoms with Gasteiger partial charge in [0.15, 0.2) is 0 Å². The molecule has 5 aromatic rings. The number of imidazole rings is 1. The summed E-state index contributed by atoms with van der Waals surface area (Å²) in [5.41, 5.74) is 9.68. The molecule has 165 valence electrons. The van der Waals surface area contributed by atoms with Crippen molar-refractivity contribution in [2.45, 2.75) is 26.1 Å². The van der Waals surface area contributed by atoms with E-state index in [2.05, 4.69) is 135 Å². The van der Waals surface area contributed by atoms with Gasteiger partial charge in [-0.3, -0.25) is 4.98 Å². The summed E-state index contributed by atoms with van der Waals surface area (Å²) in [6.45, 7) is 4.37. The van der Waals surface area contributed by atoms with Crippen LogP contribution in [0.25, 0.3) is 5.69 Å². The summed E-state index contributed by atoms with van der Waals surface area (Å²) in [5, 5.41) is 0. The summed E-state index contributed by atoms with van der Waals surface area (Å²) in [6.07, 6.45) is 2.87. The first-order chi connectivity index (χ1) is 16.7. The number of aromatic nitrogens is 2. The second kappa shape index (κ2) is 9.97. The molecule has 0 spiro atoms. The van der Waals surface area contributed by atoms with Crippen LogP contribution in [0.5, 0.6) is 0 Å². The number of nitrogens with zero attached hydrogens (tertiary/aromatic N) is 2. The Morgan fingerprint density at radius 1 is 0.676 bits per heavy atom.